The molecule has 0 bridgehead atoms. The van der Waals surface area contributed by atoms with E-state index in [1.165, 1.54) is 0 Å². The highest BCUT2D eigenvalue weighted by atomic mass is 16.5. The first-order chi connectivity index (χ1) is 15.5. The Balaban J connectivity index is 1.55. The Morgan fingerprint density at radius 1 is 0.938 bits per heavy atom. The van der Waals surface area contributed by atoms with Crippen molar-refractivity contribution in [2.75, 3.05) is 53.4 Å². The minimum atomic E-state index is -0.500. The third-order valence-corrected chi connectivity index (χ3v) is 6.08. The van der Waals surface area contributed by atoms with Crippen LogP contribution in [0.2, 0.25) is 0 Å². The molecule has 2 aromatic carbocycles. The molecule has 32 heavy (non-hydrogen) atoms. The van der Waals surface area contributed by atoms with Crippen molar-refractivity contribution in [2.24, 2.45) is 5.92 Å². The van der Waals surface area contributed by atoms with E-state index < -0.39 is 5.92 Å². The number of benzene rings is 2. The Bertz CT molecular complexity index is 836. The monoisotopic (exact) mass is 437 g/mol. The third kappa shape index (κ3) is 7.77. The molecule has 0 unspecified atom stereocenters. The number of rotatable bonds is 10. The number of carbonyl (C=O) groups is 2. The van der Waals surface area contributed by atoms with Crippen LogP contribution in [0.5, 0.6) is 0 Å². The molecule has 0 aliphatic carbocycles. The molecule has 1 aliphatic heterocycles. The second-order valence-corrected chi connectivity index (χ2v) is 8.64. The minimum absolute atomic E-state index is 0.0169. The van der Waals surface area contributed by atoms with Gasteiger partial charge in [-0.15, -0.1) is 0 Å². The summed E-state index contributed by atoms with van der Waals surface area (Å²) < 4.78 is 5.59. The quantitative estimate of drug-likeness (QED) is 0.535. The number of esters is 1. The second-order valence-electron chi connectivity index (χ2n) is 8.64. The fraction of sp³-hybridized carbons (Fsp3) is 0.462. The number of likely N-dealkylation sites (N-methyl/N-ethyl adjacent to an activating group) is 2. The first-order valence-electron chi connectivity index (χ1n) is 11.4. The number of hydrogen-bond donors (Lipinski definition) is 0. The summed E-state index contributed by atoms with van der Waals surface area (Å²) in [6.07, 6.45) is 0.647. The summed E-state index contributed by atoms with van der Waals surface area (Å²) in [5.41, 5.74) is 1.97. The molecule has 0 N–H and O–H groups in total. The molecule has 0 aromatic heterocycles. The Kier molecular flexibility index (Phi) is 9.26. The lowest BCUT2D eigenvalue weighted by atomic mass is 9.95. The van der Waals surface area contributed by atoms with Gasteiger partial charge >= 0.3 is 5.97 Å². The van der Waals surface area contributed by atoms with Crippen molar-refractivity contribution in [3.8, 4) is 0 Å². The van der Waals surface area contributed by atoms with Gasteiger partial charge in [0.25, 0.3) is 0 Å². The van der Waals surface area contributed by atoms with Gasteiger partial charge < -0.3 is 14.5 Å². The van der Waals surface area contributed by atoms with E-state index in [-0.39, 0.29) is 24.9 Å². The Morgan fingerprint density at radius 3 is 2.16 bits per heavy atom. The van der Waals surface area contributed by atoms with Crippen molar-refractivity contribution in [1.29, 1.82) is 0 Å². The van der Waals surface area contributed by atoms with Crippen LogP contribution in [0.3, 0.4) is 0 Å². The van der Waals surface area contributed by atoms with Gasteiger partial charge in [-0.2, -0.15) is 0 Å². The average Bonchev–Trinajstić information content (AvgIpc) is 2.82. The van der Waals surface area contributed by atoms with E-state index in [0.29, 0.717) is 13.0 Å². The van der Waals surface area contributed by atoms with Gasteiger partial charge in [-0.1, -0.05) is 60.7 Å². The summed E-state index contributed by atoms with van der Waals surface area (Å²) in [6.45, 7) is 5.92. The van der Waals surface area contributed by atoms with Crippen molar-refractivity contribution < 1.29 is 14.3 Å². The maximum absolute atomic E-state index is 12.9. The molecule has 0 saturated carbocycles. The zero-order chi connectivity index (χ0) is 22.8. The summed E-state index contributed by atoms with van der Waals surface area (Å²) in [4.78, 5) is 32.3. The highest BCUT2D eigenvalue weighted by Crippen LogP contribution is 2.17. The average molecular weight is 438 g/mol. The molecule has 1 heterocycles. The Morgan fingerprint density at radius 2 is 1.53 bits per heavy atom. The maximum Gasteiger partial charge on any atom is 0.310 e. The van der Waals surface area contributed by atoms with Gasteiger partial charge in [-0.05, 0) is 24.6 Å². The molecular weight excluding hydrogens is 402 g/mol. The summed E-state index contributed by atoms with van der Waals surface area (Å²) in [7, 11) is 3.96. The highest BCUT2D eigenvalue weighted by Gasteiger charge is 2.26. The SMILES string of the molecule is CN1CCN(CCN(C)C(=O)C[C@@H](Cc2ccccc2)C(=O)OCc2ccccc2)CC1. The van der Waals surface area contributed by atoms with Crippen molar-refractivity contribution in [1.82, 2.24) is 14.7 Å². The van der Waals surface area contributed by atoms with Crippen LogP contribution in [-0.4, -0.2) is 79.9 Å². The third-order valence-electron chi connectivity index (χ3n) is 6.08. The van der Waals surface area contributed by atoms with Crippen molar-refractivity contribution >= 4 is 11.9 Å². The van der Waals surface area contributed by atoms with Gasteiger partial charge in [0.05, 0.1) is 5.92 Å². The molecule has 6 heteroatoms. The van der Waals surface area contributed by atoms with Gasteiger partial charge in [-0.25, -0.2) is 0 Å². The van der Waals surface area contributed by atoms with Gasteiger partial charge in [0.2, 0.25) is 5.91 Å². The van der Waals surface area contributed by atoms with Crippen LogP contribution in [0.1, 0.15) is 17.5 Å². The van der Waals surface area contributed by atoms with Crippen LogP contribution in [0, 0.1) is 5.92 Å². The zero-order valence-corrected chi connectivity index (χ0v) is 19.3. The van der Waals surface area contributed by atoms with Gasteiger partial charge in [0.1, 0.15) is 6.61 Å². The van der Waals surface area contributed by atoms with Crippen LogP contribution >= 0.6 is 0 Å². The Labute approximate surface area is 191 Å². The summed E-state index contributed by atoms with van der Waals surface area (Å²) in [5, 5.41) is 0. The summed E-state index contributed by atoms with van der Waals surface area (Å²) >= 11 is 0. The number of ether oxygens (including phenoxy) is 1. The first kappa shape index (κ1) is 24.0. The van der Waals surface area contributed by atoms with Crippen LogP contribution in [-0.2, 0) is 27.4 Å². The number of amides is 1. The predicted octanol–water partition coefficient (Wildman–Crippen LogP) is 2.68. The van der Waals surface area contributed by atoms with Crippen LogP contribution in [0.4, 0.5) is 0 Å². The second kappa shape index (κ2) is 12.4. The Hall–Kier alpha value is -2.70. The smallest absolute Gasteiger partial charge is 0.310 e. The van der Waals surface area contributed by atoms with E-state index in [2.05, 4.69) is 16.8 Å². The molecule has 1 atom stereocenters. The predicted molar refractivity (Wildman–Crippen MR) is 126 cm³/mol. The normalized spacial score (nSPS) is 15.8. The number of carbonyl (C=O) groups excluding carboxylic acids is 2. The lowest BCUT2D eigenvalue weighted by Gasteiger charge is -2.33. The fourth-order valence-corrected chi connectivity index (χ4v) is 3.84. The van der Waals surface area contributed by atoms with Crippen LogP contribution in [0.25, 0.3) is 0 Å². The lowest BCUT2D eigenvalue weighted by Crippen LogP contribution is -2.47. The molecule has 0 radical (unpaired) electrons. The molecular formula is C26H35N3O3. The maximum atomic E-state index is 12.9. The van der Waals surface area contributed by atoms with Gasteiger partial charge in [-0.3, -0.25) is 14.5 Å². The molecule has 1 amide bonds. The fourth-order valence-electron chi connectivity index (χ4n) is 3.84. The summed E-state index contributed by atoms with van der Waals surface area (Å²) in [6, 6.07) is 19.4. The van der Waals surface area contributed by atoms with E-state index in [0.717, 1.165) is 43.9 Å². The molecule has 1 aliphatic rings. The topological polar surface area (TPSA) is 53.1 Å². The highest BCUT2D eigenvalue weighted by molar-refractivity contribution is 5.83. The molecule has 0 spiro atoms. The van der Waals surface area contributed by atoms with E-state index in [1.54, 1.807) is 4.90 Å². The molecule has 1 saturated heterocycles. The number of piperazine rings is 1. The van der Waals surface area contributed by atoms with E-state index >= 15 is 0 Å². The van der Waals surface area contributed by atoms with Crippen molar-refractivity contribution in [3.63, 3.8) is 0 Å². The van der Waals surface area contributed by atoms with Gasteiger partial charge in [0.15, 0.2) is 0 Å². The largest absolute Gasteiger partial charge is 0.461 e. The van der Waals surface area contributed by atoms with Crippen molar-refractivity contribution in [3.05, 3.63) is 71.8 Å². The van der Waals surface area contributed by atoms with Gasteiger partial charge in [0, 0.05) is 52.7 Å². The molecule has 2 aromatic rings. The van der Waals surface area contributed by atoms with Crippen molar-refractivity contribution in [2.45, 2.75) is 19.4 Å². The zero-order valence-electron chi connectivity index (χ0n) is 19.3. The van der Waals surface area contributed by atoms with E-state index in [4.69, 9.17) is 4.74 Å². The number of nitrogens with zero attached hydrogens (tertiary/aromatic N) is 3. The molecule has 6 nitrogen and oxygen atoms in total. The summed E-state index contributed by atoms with van der Waals surface area (Å²) in [5.74, 6) is -0.838. The lowest BCUT2D eigenvalue weighted by molar-refractivity contribution is -0.152. The molecule has 1 fully saturated rings. The number of hydrogen-bond acceptors (Lipinski definition) is 5. The molecule has 172 valence electrons. The standard InChI is InChI=1S/C26H35N3O3/c1-27-13-16-29(17-14-27)18-15-28(2)25(30)20-24(19-22-9-5-3-6-10-22)26(31)32-21-23-11-7-4-8-12-23/h3-12,24H,13-21H2,1-2H3/t24-/m1/s1. The van der Waals surface area contributed by atoms with E-state index in [9.17, 15) is 9.59 Å². The molecule has 3 rings (SSSR count). The first-order valence-corrected chi connectivity index (χ1v) is 11.4. The van der Waals surface area contributed by atoms with Crippen LogP contribution in [0.15, 0.2) is 60.7 Å². The van der Waals surface area contributed by atoms with Crippen LogP contribution < -0.4 is 0 Å². The minimum Gasteiger partial charge on any atom is -0.461 e. The van der Waals surface area contributed by atoms with E-state index in [1.807, 2.05) is 67.7 Å².